The Morgan fingerprint density at radius 2 is 1.21 bits per heavy atom. The summed E-state index contributed by atoms with van der Waals surface area (Å²) in [7, 11) is 0. The zero-order valence-electron chi connectivity index (χ0n) is 16.3. The molecule has 3 aromatic rings. The number of carbonyl (C=O) groups is 2. The fourth-order valence-electron chi connectivity index (χ4n) is 2.70. The number of amides is 2. The van der Waals surface area contributed by atoms with Crippen LogP contribution < -0.4 is 10.6 Å². The molecule has 3 rings (SSSR count). The Morgan fingerprint density at radius 3 is 1.82 bits per heavy atom. The molecule has 0 heterocycles. The summed E-state index contributed by atoms with van der Waals surface area (Å²) in [5.74, 6) is -0.230. The standard InChI is InChI=1S/C24H24N2O2/c1-24(2,3)23(28)26-19-15-13-18(14-16-19)25-22(27)21-12-8-7-11-20(21)17-9-5-4-6-10-17/h4-16H,1-3H3,(H,25,27)(H,26,28). The van der Waals surface area contributed by atoms with Gasteiger partial charge in [-0.05, 0) is 41.5 Å². The molecule has 0 saturated carbocycles. The first-order valence-electron chi connectivity index (χ1n) is 9.22. The fraction of sp³-hybridized carbons (Fsp3) is 0.167. The van der Waals surface area contributed by atoms with Gasteiger partial charge in [-0.1, -0.05) is 69.3 Å². The highest BCUT2D eigenvalue weighted by Crippen LogP contribution is 2.25. The molecule has 3 aromatic carbocycles. The Labute approximate surface area is 165 Å². The van der Waals surface area contributed by atoms with Crippen LogP contribution in [0.2, 0.25) is 0 Å². The smallest absolute Gasteiger partial charge is 0.256 e. The van der Waals surface area contributed by atoms with Crippen molar-refractivity contribution < 1.29 is 9.59 Å². The van der Waals surface area contributed by atoms with Crippen molar-refractivity contribution in [3.8, 4) is 11.1 Å². The molecule has 142 valence electrons. The first kappa shape index (κ1) is 19.4. The zero-order chi connectivity index (χ0) is 20.1. The Balaban J connectivity index is 1.75. The van der Waals surface area contributed by atoms with Crippen molar-refractivity contribution in [3.05, 3.63) is 84.4 Å². The molecule has 0 fully saturated rings. The summed E-state index contributed by atoms with van der Waals surface area (Å²) in [5, 5.41) is 5.80. The predicted octanol–water partition coefficient (Wildman–Crippen LogP) is 5.59. The number of nitrogens with one attached hydrogen (secondary N) is 2. The molecule has 0 aromatic heterocycles. The van der Waals surface area contributed by atoms with Gasteiger partial charge in [-0.15, -0.1) is 0 Å². The first-order chi connectivity index (χ1) is 13.3. The van der Waals surface area contributed by atoms with Crippen molar-refractivity contribution in [2.24, 2.45) is 5.41 Å². The fourth-order valence-corrected chi connectivity index (χ4v) is 2.70. The van der Waals surface area contributed by atoms with Crippen molar-refractivity contribution in [2.75, 3.05) is 10.6 Å². The van der Waals surface area contributed by atoms with E-state index in [2.05, 4.69) is 10.6 Å². The third-order valence-corrected chi connectivity index (χ3v) is 4.34. The van der Waals surface area contributed by atoms with Gasteiger partial charge in [0.15, 0.2) is 0 Å². The van der Waals surface area contributed by atoms with Crippen LogP contribution in [0.15, 0.2) is 78.9 Å². The molecule has 2 N–H and O–H groups in total. The molecule has 0 unspecified atom stereocenters. The average molecular weight is 372 g/mol. The van der Waals surface area contributed by atoms with Crippen LogP contribution in [-0.4, -0.2) is 11.8 Å². The number of hydrogen-bond acceptors (Lipinski definition) is 2. The molecule has 0 bridgehead atoms. The number of benzene rings is 3. The predicted molar refractivity (Wildman–Crippen MR) is 114 cm³/mol. The minimum Gasteiger partial charge on any atom is -0.326 e. The summed E-state index contributed by atoms with van der Waals surface area (Å²) in [6.07, 6.45) is 0. The normalized spacial score (nSPS) is 11.0. The lowest BCUT2D eigenvalue weighted by Gasteiger charge is -2.17. The topological polar surface area (TPSA) is 58.2 Å². The second kappa shape index (κ2) is 8.09. The third kappa shape index (κ3) is 4.65. The molecule has 0 aliphatic heterocycles. The quantitative estimate of drug-likeness (QED) is 0.627. The molecule has 4 heteroatoms. The van der Waals surface area contributed by atoms with E-state index in [1.807, 2.05) is 75.4 Å². The van der Waals surface area contributed by atoms with Gasteiger partial charge in [-0.3, -0.25) is 9.59 Å². The van der Waals surface area contributed by atoms with E-state index in [0.717, 1.165) is 11.1 Å². The molecule has 4 nitrogen and oxygen atoms in total. The van der Waals surface area contributed by atoms with Crippen molar-refractivity contribution in [1.82, 2.24) is 0 Å². The molecule has 0 aliphatic carbocycles. The van der Waals surface area contributed by atoms with Crippen LogP contribution in [0.5, 0.6) is 0 Å². The number of anilines is 2. The SMILES string of the molecule is CC(C)(C)C(=O)Nc1ccc(NC(=O)c2ccccc2-c2ccccc2)cc1. The van der Waals surface area contributed by atoms with Gasteiger partial charge in [0.2, 0.25) is 5.91 Å². The molecule has 0 saturated heterocycles. The summed E-state index contributed by atoms with van der Waals surface area (Å²) in [6, 6.07) is 24.5. The highest BCUT2D eigenvalue weighted by molar-refractivity contribution is 6.08. The van der Waals surface area contributed by atoms with Crippen molar-refractivity contribution in [2.45, 2.75) is 20.8 Å². The van der Waals surface area contributed by atoms with E-state index < -0.39 is 5.41 Å². The Kier molecular flexibility index (Phi) is 5.59. The molecular weight excluding hydrogens is 348 g/mol. The van der Waals surface area contributed by atoms with Gasteiger partial charge < -0.3 is 10.6 Å². The van der Waals surface area contributed by atoms with E-state index in [1.165, 1.54) is 0 Å². The third-order valence-electron chi connectivity index (χ3n) is 4.34. The molecule has 0 aliphatic rings. The minimum absolute atomic E-state index is 0.0546. The summed E-state index contributed by atoms with van der Waals surface area (Å²) in [4.78, 5) is 24.9. The number of rotatable bonds is 4. The maximum Gasteiger partial charge on any atom is 0.256 e. The average Bonchev–Trinajstić information content (AvgIpc) is 2.69. The highest BCUT2D eigenvalue weighted by atomic mass is 16.2. The van der Waals surface area contributed by atoms with Gasteiger partial charge >= 0.3 is 0 Å². The van der Waals surface area contributed by atoms with Crippen LogP contribution in [0, 0.1) is 5.41 Å². The molecule has 2 amide bonds. The Morgan fingerprint density at radius 1 is 0.679 bits per heavy atom. The second-order valence-corrected chi connectivity index (χ2v) is 7.65. The van der Waals surface area contributed by atoms with Crippen LogP contribution in [0.4, 0.5) is 11.4 Å². The maximum atomic E-state index is 12.8. The van der Waals surface area contributed by atoms with Gasteiger partial charge in [0, 0.05) is 22.4 Å². The van der Waals surface area contributed by atoms with Crippen molar-refractivity contribution in [3.63, 3.8) is 0 Å². The van der Waals surface area contributed by atoms with Gasteiger partial charge in [0.1, 0.15) is 0 Å². The van der Waals surface area contributed by atoms with Crippen LogP contribution >= 0.6 is 0 Å². The van der Waals surface area contributed by atoms with E-state index in [4.69, 9.17) is 0 Å². The van der Waals surface area contributed by atoms with Crippen molar-refractivity contribution in [1.29, 1.82) is 0 Å². The lowest BCUT2D eigenvalue weighted by Crippen LogP contribution is -2.27. The van der Waals surface area contributed by atoms with E-state index in [9.17, 15) is 9.59 Å². The van der Waals surface area contributed by atoms with Crippen molar-refractivity contribution >= 4 is 23.2 Å². The van der Waals surface area contributed by atoms with Gasteiger partial charge in [-0.25, -0.2) is 0 Å². The van der Waals surface area contributed by atoms with Gasteiger partial charge in [0.25, 0.3) is 5.91 Å². The van der Waals surface area contributed by atoms with Crippen LogP contribution in [0.3, 0.4) is 0 Å². The second-order valence-electron chi connectivity index (χ2n) is 7.65. The summed E-state index contributed by atoms with van der Waals surface area (Å²) >= 11 is 0. The minimum atomic E-state index is -0.464. The Hall–Kier alpha value is -3.40. The van der Waals surface area contributed by atoms with E-state index >= 15 is 0 Å². The van der Waals surface area contributed by atoms with Gasteiger partial charge in [-0.2, -0.15) is 0 Å². The first-order valence-corrected chi connectivity index (χ1v) is 9.22. The lowest BCUT2D eigenvalue weighted by molar-refractivity contribution is -0.123. The summed E-state index contributed by atoms with van der Waals surface area (Å²) in [6.45, 7) is 5.59. The number of carbonyl (C=O) groups excluding carboxylic acids is 2. The molecule has 0 radical (unpaired) electrons. The largest absolute Gasteiger partial charge is 0.326 e. The molecular formula is C24H24N2O2. The van der Waals surface area contributed by atoms with E-state index in [1.54, 1.807) is 24.3 Å². The molecule has 28 heavy (non-hydrogen) atoms. The molecule has 0 atom stereocenters. The summed E-state index contributed by atoms with van der Waals surface area (Å²) in [5.41, 5.74) is 3.39. The van der Waals surface area contributed by atoms with Crippen LogP contribution in [-0.2, 0) is 4.79 Å². The van der Waals surface area contributed by atoms with E-state index in [-0.39, 0.29) is 11.8 Å². The maximum absolute atomic E-state index is 12.8. The van der Waals surface area contributed by atoms with E-state index in [0.29, 0.717) is 16.9 Å². The lowest BCUT2D eigenvalue weighted by atomic mass is 9.95. The van der Waals surface area contributed by atoms with Gasteiger partial charge in [0.05, 0.1) is 0 Å². The van der Waals surface area contributed by atoms with Crippen LogP contribution in [0.1, 0.15) is 31.1 Å². The molecule has 0 spiro atoms. The Bertz CT molecular complexity index is 971. The highest BCUT2D eigenvalue weighted by Gasteiger charge is 2.21. The zero-order valence-corrected chi connectivity index (χ0v) is 16.3. The number of hydrogen-bond donors (Lipinski definition) is 2. The summed E-state index contributed by atoms with van der Waals surface area (Å²) < 4.78 is 0. The monoisotopic (exact) mass is 372 g/mol. The van der Waals surface area contributed by atoms with Crippen LogP contribution in [0.25, 0.3) is 11.1 Å².